The third-order valence-corrected chi connectivity index (χ3v) is 4.78. The van der Waals surface area contributed by atoms with Crippen LogP contribution in [0, 0.1) is 5.82 Å². The van der Waals surface area contributed by atoms with Crippen LogP contribution >= 0.6 is 0 Å². The topological polar surface area (TPSA) is 47.6 Å². The Labute approximate surface area is 147 Å². The second kappa shape index (κ2) is 6.28. The number of carbonyl (C=O) groups excluding carboxylic acids is 1. The summed E-state index contributed by atoms with van der Waals surface area (Å²) in [6, 6.07) is 12.8. The zero-order chi connectivity index (χ0) is 18.2. The first-order chi connectivity index (χ1) is 11.7. The van der Waals surface area contributed by atoms with E-state index in [4.69, 9.17) is 9.31 Å². The fourth-order valence-electron chi connectivity index (χ4n) is 2.54. The molecular weight excluding hydrogens is 320 g/mol. The molecule has 1 aliphatic heterocycles. The molecule has 0 spiro atoms. The molecule has 4 nitrogen and oxygen atoms in total. The summed E-state index contributed by atoms with van der Waals surface area (Å²) >= 11 is 0. The number of benzene rings is 2. The highest BCUT2D eigenvalue weighted by atomic mass is 19.1. The van der Waals surface area contributed by atoms with Gasteiger partial charge in [-0.3, -0.25) is 4.79 Å². The molecule has 1 fully saturated rings. The molecule has 1 aliphatic rings. The van der Waals surface area contributed by atoms with Crippen LogP contribution in [0.3, 0.4) is 0 Å². The van der Waals surface area contributed by atoms with Crippen LogP contribution in [0.4, 0.5) is 10.1 Å². The van der Waals surface area contributed by atoms with Crippen molar-refractivity contribution in [1.82, 2.24) is 0 Å². The van der Waals surface area contributed by atoms with Gasteiger partial charge in [-0.25, -0.2) is 4.39 Å². The number of hydrogen-bond donors (Lipinski definition) is 1. The van der Waals surface area contributed by atoms with Crippen molar-refractivity contribution in [3.8, 4) is 0 Å². The maximum atomic E-state index is 13.2. The number of carbonyl (C=O) groups is 1. The van der Waals surface area contributed by atoms with Crippen molar-refractivity contribution in [2.45, 2.75) is 38.9 Å². The summed E-state index contributed by atoms with van der Waals surface area (Å²) in [5.41, 5.74) is 0.918. The standard InChI is InChI=1S/C19H21BFNO3/c1-18(2)19(3,4)25-20(24-18)14-10-8-13(9-11-14)17(23)22-16-7-5-6-15(21)12-16/h5-12H,1-4H3,(H,22,23). The molecule has 3 rings (SSSR count). The Balaban J connectivity index is 1.71. The van der Waals surface area contributed by atoms with Crippen molar-refractivity contribution in [2.24, 2.45) is 0 Å². The summed E-state index contributed by atoms with van der Waals surface area (Å²) in [6.45, 7) is 7.98. The van der Waals surface area contributed by atoms with Gasteiger partial charge in [0.1, 0.15) is 5.82 Å². The lowest BCUT2D eigenvalue weighted by atomic mass is 9.79. The van der Waals surface area contributed by atoms with Gasteiger partial charge in [-0.1, -0.05) is 18.2 Å². The first-order valence-corrected chi connectivity index (χ1v) is 8.20. The molecule has 0 atom stereocenters. The Hall–Kier alpha value is -2.18. The molecule has 130 valence electrons. The Bertz CT molecular complexity index is 774. The zero-order valence-electron chi connectivity index (χ0n) is 14.8. The average molecular weight is 341 g/mol. The molecule has 0 radical (unpaired) electrons. The smallest absolute Gasteiger partial charge is 0.399 e. The van der Waals surface area contributed by atoms with Gasteiger partial charge in [-0.05, 0) is 63.5 Å². The van der Waals surface area contributed by atoms with Gasteiger partial charge in [0.15, 0.2) is 0 Å². The highest BCUT2D eigenvalue weighted by Crippen LogP contribution is 2.36. The molecule has 1 N–H and O–H groups in total. The molecule has 0 unspecified atom stereocenters. The maximum absolute atomic E-state index is 13.2. The molecule has 1 heterocycles. The molecular formula is C19H21BFNO3. The normalized spacial score (nSPS) is 18.2. The second-order valence-corrected chi connectivity index (χ2v) is 7.17. The lowest BCUT2D eigenvalue weighted by molar-refractivity contribution is 0.00578. The number of anilines is 1. The minimum atomic E-state index is -0.467. The molecule has 6 heteroatoms. The summed E-state index contributed by atoms with van der Waals surface area (Å²) in [7, 11) is -0.467. The van der Waals surface area contributed by atoms with E-state index in [2.05, 4.69) is 5.32 Å². The minimum Gasteiger partial charge on any atom is -0.399 e. The van der Waals surface area contributed by atoms with E-state index < -0.39 is 24.1 Å². The third kappa shape index (κ3) is 3.60. The fourth-order valence-corrected chi connectivity index (χ4v) is 2.54. The SMILES string of the molecule is CC1(C)OB(c2ccc(C(=O)Nc3cccc(F)c3)cc2)OC1(C)C. The maximum Gasteiger partial charge on any atom is 0.494 e. The first-order valence-electron chi connectivity index (χ1n) is 8.20. The molecule has 2 aromatic carbocycles. The van der Waals surface area contributed by atoms with E-state index in [9.17, 15) is 9.18 Å². The van der Waals surface area contributed by atoms with Crippen molar-refractivity contribution >= 4 is 24.2 Å². The summed E-state index contributed by atoms with van der Waals surface area (Å²) < 4.78 is 25.2. The summed E-state index contributed by atoms with van der Waals surface area (Å²) in [5.74, 6) is -0.694. The van der Waals surface area contributed by atoms with Gasteiger partial charge in [-0.2, -0.15) is 0 Å². The molecule has 0 aliphatic carbocycles. The van der Waals surface area contributed by atoms with Crippen LogP contribution in [-0.2, 0) is 9.31 Å². The molecule has 1 amide bonds. The van der Waals surface area contributed by atoms with E-state index in [1.54, 1.807) is 24.3 Å². The molecule has 0 saturated carbocycles. The molecule has 0 aromatic heterocycles. The number of nitrogens with one attached hydrogen (secondary N) is 1. The fraction of sp³-hybridized carbons (Fsp3) is 0.316. The largest absolute Gasteiger partial charge is 0.494 e. The van der Waals surface area contributed by atoms with Crippen molar-refractivity contribution in [2.75, 3.05) is 5.32 Å². The van der Waals surface area contributed by atoms with Gasteiger partial charge in [0, 0.05) is 11.3 Å². The van der Waals surface area contributed by atoms with E-state index in [1.807, 2.05) is 39.8 Å². The lowest BCUT2D eigenvalue weighted by Crippen LogP contribution is -2.41. The zero-order valence-corrected chi connectivity index (χ0v) is 14.8. The molecule has 0 bridgehead atoms. The van der Waals surface area contributed by atoms with Gasteiger partial charge in [0.2, 0.25) is 0 Å². The van der Waals surface area contributed by atoms with Gasteiger partial charge >= 0.3 is 7.12 Å². The van der Waals surface area contributed by atoms with Crippen molar-refractivity contribution in [1.29, 1.82) is 0 Å². The van der Waals surface area contributed by atoms with Gasteiger partial charge in [0.05, 0.1) is 11.2 Å². The third-order valence-electron chi connectivity index (χ3n) is 4.78. The van der Waals surface area contributed by atoms with Crippen molar-refractivity contribution in [3.05, 3.63) is 59.9 Å². The number of halogens is 1. The Morgan fingerprint density at radius 3 is 2.16 bits per heavy atom. The van der Waals surface area contributed by atoms with Crippen LogP contribution in [0.15, 0.2) is 48.5 Å². The predicted octanol–water partition coefficient (Wildman–Crippen LogP) is 3.38. The number of rotatable bonds is 3. The van der Waals surface area contributed by atoms with Crippen LogP contribution in [0.25, 0.3) is 0 Å². The average Bonchev–Trinajstić information content (AvgIpc) is 2.75. The molecule has 1 saturated heterocycles. The molecule has 2 aromatic rings. The van der Waals surface area contributed by atoms with Crippen molar-refractivity contribution in [3.63, 3.8) is 0 Å². The number of hydrogen-bond acceptors (Lipinski definition) is 3. The predicted molar refractivity (Wildman–Crippen MR) is 96.5 cm³/mol. The van der Waals surface area contributed by atoms with Crippen LogP contribution in [-0.4, -0.2) is 24.2 Å². The Morgan fingerprint density at radius 2 is 1.60 bits per heavy atom. The Kier molecular flexibility index (Phi) is 4.43. The van der Waals surface area contributed by atoms with E-state index in [-0.39, 0.29) is 5.91 Å². The highest BCUT2D eigenvalue weighted by molar-refractivity contribution is 6.62. The molecule has 25 heavy (non-hydrogen) atoms. The lowest BCUT2D eigenvalue weighted by Gasteiger charge is -2.32. The van der Waals surface area contributed by atoms with E-state index >= 15 is 0 Å². The van der Waals surface area contributed by atoms with E-state index in [0.717, 1.165) is 5.46 Å². The van der Waals surface area contributed by atoms with Crippen LogP contribution in [0.2, 0.25) is 0 Å². The van der Waals surface area contributed by atoms with Gasteiger partial charge in [-0.15, -0.1) is 0 Å². The van der Waals surface area contributed by atoms with Crippen molar-refractivity contribution < 1.29 is 18.5 Å². The summed E-state index contributed by atoms with van der Waals surface area (Å²) in [4.78, 5) is 12.3. The number of amides is 1. The minimum absolute atomic E-state index is 0.300. The monoisotopic (exact) mass is 341 g/mol. The van der Waals surface area contributed by atoms with Crippen LogP contribution in [0.5, 0.6) is 0 Å². The van der Waals surface area contributed by atoms with E-state index in [0.29, 0.717) is 11.3 Å². The highest BCUT2D eigenvalue weighted by Gasteiger charge is 2.51. The quantitative estimate of drug-likeness (QED) is 0.871. The first kappa shape index (κ1) is 17.6. The van der Waals surface area contributed by atoms with Crippen LogP contribution in [0.1, 0.15) is 38.1 Å². The second-order valence-electron chi connectivity index (χ2n) is 7.17. The summed E-state index contributed by atoms with van der Waals surface area (Å²) in [6.07, 6.45) is 0. The van der Waals surface area contributed by atoms with Gasteiger partial charge in [0.25, 0.3) is 5.91 Å². The van der Waals surface area contributed by atoms with E-state index in [1.165, 1.54) is 12.1 Å². The van der Waals surface area contributed by atoms with Gasteiger partial charge < -0.3 is 14.6 Å². The van der Waals surface area contributed by atoms with Crippen LogP contribution < -0.4 is 10.8 Å². The Morgan fingerprint density at radius 1 is 1.00 bits per heavy atom. The summed E-state index contributed by atoms with van der Waals surface area (Å²) in [5, 5.41) is 2.67.